The average Bonchev–Trinajstić information content (AvgIpc) is 2.64. The van der Waals surface area contributed by atoms with Gasteiger partial charge in [-0.05, 0) is 49.9 Å². The highest BCUT2D eigenvalue weighted by Gasteiger charge is 2.29. The number of nitrogens with zero attached hydrogens (tertiary/aromatic N) is 1. The Hall–Kier alpha value is -0.980. The molecule has 0 aliphatic carbocycles. The van der Waals surface area contributed by atoms with Crippen LogP contribution in [0, 0.1) is 11.7 Å². The molecule has 21 heavy (non-hydrogen) atoms. The topological polar surface area (TPSA) is 49.4 Å². The molecule has 1 unspecified atom stereocenters. The van der Waals surface area contributed by atoms with Gasteiger partial charge < -0.3 is 5.32 Å². The van der Waals surface area contributed by atoms with E-state index in [0.29, 0.717) is 25.6 Å². The molecule has 1 aliphatic rings. The maximum atomic E-state index is 14.2. The molecule has 0 saturated carbocycles. The van der Waals surface area contributed by atoms with E-state index in [4.69, 9.17) is 0 Å². The summed E-state index contributed by atoms with van der Waals surface area (Å²) in [7, 11) is -1.97. The summed E-state index contributed by atoms with van der Waals surface area (Å²) in [6.45, 7) is 3.59. The molecule has 1 saturated heterocycles. The lowest BCUT2D eigenvalue weighted by Crippen LogP contribution is -2.32. The van der Waals surface area contributed by atoms with Crippen molar-refractivity contribution in [3.63, 3.8) is 0 Å². The Morgan fingerprint density at radius 1 is 1.33 bits per heavy atom. The van der Waals surface area contributed by atoms with Crippen molar-refractivity contribution in [2.45, 2.75) is 37.6 Å². The smallest absolute Gasteiger partial charge is 0.245 e. The van der Waals surface area contributed by atoms with Crippen LogP contribution in [0.25, 0.3) is 0 Å². The molecule has 2 rings (SSSR count). The third-order valence-electron chi connectivity index (χ3n) is 3.97. The van der Waals surface area contributed by atoms with Crippen molar-refractivity contribution in [2.75, 3.05) is 20.1 Å². The number of nitrogens with one attached hydrogen (secondary N) is 1. The summed E-state index contributed by atoms with van der Waals surface area (Å²) >= 11 is 0. The molecule has 1 heterocycles. The lowest BCUT2D eigenvalue weighted by Gasteiger charge is -2.20. The van der Waals surface area contributed by atoms with Gasteiger partial charge >= 0.3 is 0 Å². The van der Waals surface area contributed by atoms with Crippen LogP contribution in [0.1, 0.15) is 31.7 Å². The van der Waals surface area contributed by atoms with Gasteiger partial charge in [-0.25, -0.2) is 12.8 Å². The van der Waals surface area contributed by atoms with Gasteiger partial charge in [0.25, 0.3) is 0 Å². The lowest BCUT2D eigenvalue weighted by molar-refractivity contribution is 0.413. The highest BCUT2D eigenvalue weighted by molar-refractivity contribution is 7.89. The van der Waals surface area contributed by atoms with Crippen LogP contribution < -0.4 is 5.32 Å². The molecule has 1 atom stereocenters. The van der Waals surface area contributed by atoms with Crippen molar-refractivity contribution in [3.8, 4) is 0 Å². The molecule has 1 aromatic carbocycles. The molecule has 1 N–H and O–H groups in total. The Kier molecular flexibility index (Phi) is 5.35. The van der Waals surface area contributed by atoms with E-state index >= 15 is 0 Å². The van der Waals surface area contributed by atoms with Crippen molar-refractivity contribution in [1.29, 1.82) is 0 Å². The van der Waals surface area contributed by atoms with E-state index in [1.165, 1.54) is 16.4 Å². The molecule has 1 aromatic rings. The van der Waals surface area contributed by atoms with Crippen LogP contribution in [0.4, 0.5) is 4.39 Å². The predicted molar refractivity (Wildman–Crippen MR) is 80.9 cm³/mol. The molecule has 1 fully saturated rings. The normalized spacial score (nSPS) is 21.2. The fraction of sp³-hybridized carbons (Fsp3) is 0.600. The zero-order valence-corrected chi connectivity index (χ0v) is 13.4. The van der Waals surface area contributed by atoms with Gasteiger partial charge in [0.2, 0.25) is 10.0 Å². The maximum absolute atomic E-state index is 14.2. The second-order valence-corrected chi connectivity index (χ2v) is 7.64. The molecule has 4 nitrogen and oxygen atoms in total. The van der Waals surface area contributed by atoms with Crippen LogP contribution in [0.5, 0.6) is 0 Å². The van der Waals surface area contributed by atoms with Gasteiger partial charge in [-0.15, -0.1) is 0 Å². The van der Waals surface area contributed by atoms with E-state index in [0.717, 1.165) is 24.8 Å². The van der Waals surface area contributed by atoms with Gasteiger partial charge in [0.1, 0.15) is 10.7 Å². The number of hydrogen-bond acceptors (Lipinski definition) is 3. The number of halogens is 1. The second kappa shape index (κ2) is 6.85. The van der Waals surface area contributed by atoms with Crippen molar-refractivity contribution >= 4 is 10.0 Å². The number of benzene rings is 1. The Bertz CT molecular complexity index is 589. The summed E-state index contributed by atoms with van der Waals surface area (Å²) in [6, 6.07) is 4.34. The molecule has 118 valence electrons. The van der Waals surface area contributed by atoms with Crippen LogP contribution in [-0.2, 0) is 16.6 Å². The Labute approximate surface area is 126 Å². The first-order chi connectivity index (χ1) is 9.95. The SMILES string of the molecule is CNCc1ccc(S(=O)(=O)N2CCCC(C)CC2)c(F)c1. The number of sulfonamides is 1. The van der Waals surface area contributed by atoms with E-state index in [1.54, 1.807) is 13.1 Å². The van der Waals surface area contributed by atoms with Crippen LogP contribution in [0.15, 0.2) is 23.1 Å². The Morgan fingerprint density at radius 3 is 2.76 bits per heavy atom. The first-order valence-electron chi connectivity index (χ1n) is 7.38. The molecule has 1 aliphatic heterocycles. The van der Waals surface area contributed by atoms with Gasteiger partial charge in [-0.1, -0.05) is 13.0 Å². The molecule has 0 bridgehead atoms. The molecular weight excluding hydrogens is 291 g/mol. The largest absolute Gasteiger partial charge is 0.316 e. The predicted octanol–water partition coefficient (Wildman–Crippen LogP) is 2.36. The van der Waals surface area contributed by atoms with Crippen molar-refractivity contribution in [1.82, 2.24) is 9.62 Å². The van der Waals surface area contributed by atoms with E-state index in [1.807, 2.05) is 0 Å². The van der Waals surface area contributed by atoms with Crippen molar-refractivity contribution < 1.29 is 12.8 Å². The van der Waals surface area contributed by atoms with E-state index in [9.17, 15) is 12.8 Å². The first kappa shape index (κ1) is 16.4. The minimum absolute atomic E-state index is 0.211. The Balaban J connectivity index is 2.26. The lowest BCUT2D eigenvalue weighted by atomic mass is 10.0. The first-order valence-corrected chi connectivity index (χ1v) is 8.82. The molecular formula is C15H23FN2O2S. The molecule has 0 aromatic heterocycles. The number of hydrogen-bond donors (Lipinski definition) is 1. The van der Waals surface area contributed by atoms with Gasteiger partial charge in [0, 0.05) is 19.6 Å². The van der Waals surface area contributed by atoms with Crippen LogP contribution in [0.2, 0.25) is 0 Å². The monoisotopic (exact) mass is 314 g/mol. The second-order valence-electron chi connectivity index (χ2n) is 5.74. The van der Waals surface area contributed by atoms with Gasteiger partial charge in [-0.3, -0.25) is 0 Å². The zero-order valence-electron chi connectivity index (χ0n) is 12.6. The van der Waals surface area contributed by atoms with Crippen molar-refractivity contribution in [3.05, 3.63) is 29.6 Å². The van der Waals surface area contributed by atoms with Crippen LogP contribution >= 0.6 is 0 Å². The fourth-order valence-corrected chi connectivity index (χ4v) is 4.22. The summed E-state index contributed by atoms with van der Waals surface area (Å²) in [4.78, 5) is -0.211. The molecule has 0 amide bonds. The highest BCUT2D eigenvalue weighted by Crippen LogP contribution is 2.25. The Morgan fingerprint density at radius 2 is 2.10 bits per heavy atom. The van der Waals surface area contributed by atoms with Gasteiger partial charge in [0.15, 0.2) is 0 Å². The van der Waals surface area contributed by atoms with Crippen molar-refractivity contribution in [2.24, 2.45) is 5.92 Å². The van der Waals surface area contributed by atoms with E-state index < -0.39 is 15.8 Å². The number of rotatable bonds is 4. The van der Waals surface area contributed by atoms with Gasteiger partial charge in [-0.2, -0.15) is 4.31 Å². The van der Waals surface area contributed by atoms with E-state index in [2.05, 4.69) is 12.2 Å². The quantitative estimate of drug-likeness (QED) is 0.928. The maximum Gasteiger partial charge on any atom is 0.245 e. The summed E-state index contributed by atoms with van der Waals surface area (Å²) < 4.78 is 40.8. The fourth-order valence-electron chi connectivity index (χ4n) is 2.68. The zero-order chi connectivity index (χ0) is 15.5. The van der Waals surface area contributed by atoms with E-state index in [-0.39, 0.29) is 4.90 Å². The summed E-state index contributed by atoms with van der Waals surface area (Å²) in [5.74, 6) is -0.145. The third kappa shape index (κ3) is 3.81. The summed E-state index contributed by atoms with van der Waals surface area (Å²) in [6.07, 6.45) is 2.69. The molecule has 0 spiro atoms. The van der Waals surface area contributed by atoms with Crippen LogP contribution in [0.3, 0.4) is 0 Å². The summed E-state index contributed by atoms with van der Waals surface area (Å²) in [5, 5.41) is 2.92. The van der Waals surface area contributed by atoms with Crippen LogP contribution in [-0.4, -0.2) is 32.9 Å². The highest BCUT2D eigenvalue weighted by atomic mass is 32.2. The van der Waals surface area contributed by atoms with Gasteiger partial charge in [0.05, 0.1) is 0 Å². The third-order valence-corrected chi connectivity index (χ3v) is 5.90. The minimum Gasteiger partial charge on any atom is -0.316 e. The standard InChI is InChI=1S/C15H23FN2O2S/c1-12-4-3-8-18(9-7-12)21(19,20)15-6-5-13(11-17-2)10-14(15)16/h5-6,10,12,17H,3-4,7-9,11H2,1-2H3. The molecule has 0 radical (unpaired) electrons. The summed E-state index contributed by atoms with van der Waals surface area (Å²) in [5.41, 5.74) is 0.735. The molecule has 6 heteroatoms. The average molecular weight is 314 g/mol. The minimum atomic E-state index is -3.73.